The Kier molecular flexibility index (Phi) is 7.02. The molecule has 0 fully saturated rings. The van der Waals surface area contributed by atoms with E-state index < -0.39 is 5.66 Å². The Morgan fingerprint density at radius 3 is 2.33 bits per heavy atom. The van der Waals surface area contributed by atoms with Gasteiger partial charge in [-0.25, -0.2) is 0 Å². The van der Waals surface area contributed by atoms with Gasteiger partial charge in [0.2, 0.25) is 0 Å². The molecule has 4 nitrogen and oxygen atoms in total. The summed E-state index contributed by atoms with van der Waals surface area (Å²) >= 11 is 0. The van der Waals surface area contributed by atoms with E-state index in [4.69, 9.17) is 4.74 Å². The van der Waals surface area contributed by atoms with Gasteiger partial charge in [0, 0.05) is 11.7 Å². The molecule has 2 unspecified atom stereocenters. The van der Waals surface area contributed by atoms with Crippen LogP contribution < -0.4 is 10.1 Å². The summed E-state index contributed by atoms with van der Waals surface area (Å²) in [6.07, 6.45) is 3.63. The molecule has 0 saturated carbocycles. The summed E-state index contributed by atoms with van der Waals surface area (Å²) in [4.78, 5) is 15.6. The molecule has 4 rings (SSSR count). The highest BCUT2D eigenvalue weighted by molar-refractivity contribution is 6.02. The van der Waals surface area contributed by atoms with Gasteiger partial charge in [-0.15, -0.1) is 0 Å². The molecule has 1 amide bonds. The first-order valence-corrected chi connectivity index (χ1v) is 12.1. The van der Waals surface area contributed by atoms with Crippen molar-refractivity contribution in [1.82, 2.24) is 4.90 Å². The van der Waals surface area contributed by atoms with Crippen LogP contribution >= 0.6 is 0 Å². The van der Waals surface area contributed by atoms with E-state index >= 15 is 0 Å². The lowest BCUT2D eigenvalue weighted by Crippen LogP contribution is -2.60. The van der Waals surface area contributed by atoms with E-state index in [1.807, 2.05) is 47.4 Å². The SMILES string of the molecule is CCC(C)N1C(=O)c2ccccc2NC1(CC)c1ccc(OCCCc2ccccc2)cc1. The van der Waals surface area contributed by atoms with Crippen molar-refractivity contribution in [2.24, 2.45) is 0 Å². The lowest BCUT2D eigenvalue weighted by Gasteiger charge is -2.51. The van der Waals surface area contributed by atoms with Gasteiger partial charge in [0.05, 0.1) is 12.2 Å². The van der Waals surface area contributed by atoms with Crippen LogP contribution in [0.15, 0.2) is 78.9 Å². The largest absolute Gasteiger partial charge is 0.494 e. The molecule has 0 aliphatic carbocycles. The summed E-state index contributed by atoms with van der Waals surface area (Å²) in [6.45, 7) is 7.07. The smallest absolute Gasteiger partial charge is 0.258 e. The highest BCUT2D eigenvalue weighted by atomic mass is 16.5. The van der Waals surface area contributed by atoms with Crippen molar-refractivity contribution in [2.45, 2.75) is 58.2 Å². The average molecular weight is 443 g/mol. The number of carbonyl (C=O) groups excluding carboxylic acids is 1. The van der Waals surface area contributed by atoms with E-state index in [0.29, 0.717) is 6.61 Å². The van der Waals surface area contributed by atoms with E-state index in [9.17, 15) is 4.79 Å². The Labute approximate surface area is 197 Å². The van der Waals surface area contributed by atoms with Gasteiger partial charge in [-0.05, 0) is 68.0 Å². The fraction of sp³-hybridized carbons (Fsp3) is 0.345. The maximum absolute atomic E-state index is 13.6. The van der Waals surface area contributed by atoms with Crippen molar-refractivity contribution in [2.75, 3.05) is 11.9 Å². The number of benzene rings is 3. The molecule has 1 aliphatic heterocycles. The van der Waals surface area contributed by atoms with Crippen molar-refractivity contribution in [3.05, 3.63) is 95.6 Å². The molecule has 3 aromatic rings. The number of anilines is 1. The van der Waals surface area contributed by atoms with E-state index in [-0.39, 0.29) is 11.9 Å². The average Bonchev–Trinajstić information content (AvgIpc) is 2.87. The van der Waals surface area contributed by atoms with Crippen molar-refractivity contribution in [1.29, 1.82) is 0 Å². The number of nitrogens with one attached hydrogen (secondary N) is 1. The van der Waals surface area contributed by atoms with Crippen LogP contribution in [0.3, 0.4) is 0 Å². The van der Waals surface area contributed by atoms with Gasteiger partial charge in [0.15, 0.2) is 0 Å². The Hall–Kier alpha value is -3.27. The predicted octanol–water partition coefficient (Wildman–Crippen LogP) is 6.63. The van der Waals surface area contributed by atoms with E-state index in [0.717, 1.165) is 48.2 Å². The minimum absolute atomic E-state index is 0.0850. The standard InChI is InChI=1S/C29H34N2O2/c1-4-22(3)31-28(32)26-15-9-10-16-27(26)30-29(31,5-2)24-17-19-25(20-18-24)33-21-11-14-23-12-7-6-8-13-23/h6-10,12-13,15-20,22,30H,4-5,11,14,21H2,1-3H3. The fourth-order valence-corrected chi connectivity index (χ4v) is 4.74. The normalized spacial score (nSPS) is 18.4. The van der Waals surface area contributed by atoms with Gasteiger partial charge >= 0.3 is 0 Å². The zero-order valence-corrected chi connectivity index (χ0v) is 19.9. The summed E-state index contributed by atoms with van der Waals surface area (Å²) < 4.78 is 6.01. The summed E-state index contributed by atoms with van der Waals surface area (Å²) in [5.41, 5.74) is 3.45. The van der Waals surface area contributed by atoms with Gasteiger partial charge in [-0.1, -0.05) is 68.4 Å². The summed E-state index contributed by atoms with van der Waals surface area (Å²) in [7, 11) is 0. The number of rotatable bonds is 9. The zero-order valence-electron chi connectivity index (χ0n) is 19.9. The molecule has 0 spiro atoms. The van der Waals surface area contributed by atoms with Crippen LogP contribution in [0, 0.1) is 0 Å². The quantitative estimate of drug-likeness (QED) is 0.378. The Morgan fingerprint density at radius 1 is 0.939 bits per heavy atom. The molecule has 1 aliphatic rings. The Balaban J connectivity index is 1.53. The number of hydrogen-bond acceptors (Lipinski definition) is 3. The van der Waals surface area contributed by atoms with Gasteiger partial charge in [0.25, 0.3) is 5.91 Å². The maximum atomic E-state index is 13.6. The van der Waals surface area contributed by atoms with E-state index in [1.54, 1.807) is 0 Å². The molecule has 0 bridgehead atoms. The van der Waals surface area contributed by atoms with Crippen LogP contribution in [0.2, 0.25) is 0 Å². The highest BCUT2D eigenvalue weighted by Gasteiger charge is 2.46. The van der Waals surface area contributed by atoms with E-state index in [1.165, 1.54) is 5.56 Å². The molecule has 1 heterocycles. The van der Waals surface area contributed by atoms with Crippen LogP contribution in [-0.4, -0.2) is 23.5 Å². The van der Waals surface area contributed by atoms with Gasteiger partial charge in [-0.3, -0.25) is 4.79 Å². The van der Waals surface area contributed by atoms with Gasteiger partial charge in [-0.2, -0.15) is 0 Å². The molecule has 1 N–H and O–H groups in total. The maximum Gasteiger partial charge on any atom is 0.258 e. The molecule has 0 radical (unpaired) electrons. The lowest BCUT2D eigenvalue weighted by atomic mass is 9.88. The van der Waals surface area contributed by atoms with Crippen LogP contribution in [0.25, 0.3) is 0 Å². The van der Waals surface area contributed by atoms with Crippen molar-refractivity contribution >= 4 is 11.6 Å². The summed E-state index contributed by atoms with van der Waals surface area (Å²) in [5.74, 6) is 0.942. The van der Waals surface area contributed by atoms with Gasteiger partial charge in [0.1, 0.15) is 11.4 Å². The first-order valence-electron chi connectivity index (χ1n) is 12.1. The number of amides is 1. The first-order chi connectivity index (χ1) is 16.1. The number of fused-ring (bicyclic) bond motifs is 1. The zero-order chi connectivity index (χ0) is 23.3. The molecule has 0 saturated heterocycles. The van der Waals surface area contributed by atoms with Crippen molar-refractivity contribution in [3.63, 3.8) is 0 Å². The molecule has 0 aromatic heterocycles. The molecular formula is C29H34N2O2. The Morgan fingerprint density at radius 2 is 1.64 bits per heavy atom. The third kappa shape index (κ3) is 4.61. The molecule has 172 valence electrons. The summed E-state index contributed by atoms with van der Waals surface area (Å²) in [6, 6.07) is 26.6. The molecule has 4 heteroatoms. The third-order valence-corrected chi connectivity index (χ3v) is 6.73. The second kappa shape index (κ2) is 10.1. The minimum atomic E-state index is -0.591. The van der Waals surface area contributed by atoms with Gasteiger partial charge < -0.3 is 15.0 Å². The lowest BCUT2D eigenvalue weighted by molar-refractivity contribution is 0.0335. The van der Waals surface area contributed by atoms with Crippen LogP contribution in [0.5, 0.6) is 5.75 Å². The van der Waals surface area contributed by atoms with E-state index in [2.05, 4.69) is 62.5 Å². The number of hydrogen-bond donors (Lipinski definition) is 1. The van der Waals surface area contributed by atoms with Crippen molar-refractivity contribution in [3.8, 4) is 5.75 Å². The number of ether oxygens (including phenoxy) is 1. The molecular weight excluding hydrogens is 408 g/mol. The first kappa shape index (κ1) is 22.9. The number of carbonyl (C=O) groups is 1. The highest BCUT2D eigenvalue weighted by Crippen LogP contribution is 2.42. The number of nitrogens with zero attached hydrogens (tertiary/aromatic N) is 1. The second-order valence-corrected chi connectivity index (χ2v) is 8.78. The molecule has 2 atom stereocenters. The minimum Gasteiger partial charge on any atom is -0.494 e. The monoisotopic (exact) mass is 442 g/mol. The molecule has 33 heavy (non-hydrogen) atoms. The molecule has 3 aromatic carbocycles. The fourth-order valence-electron chi connectivity index (χ4n) is 4.74. The number of aryl methyl sites for hydroxylation is 1. The number of para-hydroxylation sites is 1. The topological polar surface area (TPSA) is 41.6 Å². The Bertz CT molecular complexity index is 1060. The van der Waals surface area contributed by atoms with Crippen LogP contribution in [0.4, 0.5) is 5.69 Å². The second-order valence-electron chi connectivity index (χ2n) is 8.78. The third-order valence-electron chi connectivity index (χ3n) is 6.73. The summed E-state index contributed by atoms with van der Waals surface area (Å²) in [5, 5.41) is 3.73. The van der Waals surface area contributed by atoms with Crippen LogP contribution in [-0.2, 0) is 12.1 Å². The predicted molar refractivity (Wildman–Crippen MR) is 135 cm³/mol. The van der Waals surface area contributed by atoms with Crippen molar-refractivity contribution < 1.29 is 9.53 Å². The van der Waals surface area contributed by atoms with Crippen LogP contribution in [0.1, 0.15) is 61.5 Å².